The van der Waals surface area contributed by atoms with E-state index in [-0.39, 0.29) is 17.9 Å². The third-order valence-electron chi connectivity index (χ3n) is 4.86. The maximum atomic E-state index is 12.5. The van der Waals surface area contributed by atoms with Crippen LogP contribution in [-0.2, 0) is 14.3 Å². The van der Waals surface area contributed by atoms with Crippen molar-refractivity contribution in [3.63, 3.8) is 0 Å². The Balaban J connectivity index is 1.39. The summed E-state index contributed by atoms with van der Waals surface area (Å²) in [6.45, 7) is 2.89. The second-order valence-electron chi connectivity index (χ2n) is 6.84. The Bertz CT molecular complexity index is 1030. The molecular weight excluding hydrogens is 392 g/mol. The summed E-state index contributed by atoms with van der Waals surface area (Å²) in [7, 11) is 0. The van der Waals surface area contributed by atoms with Crippen LogP contribution in [0.25, 0.3) is 0 Å². The molecule has 0 fully saturated rings. The van der Waals surface area contributed by atoms with E-state index in [9.17, 15) is 19.2 Å². The summed E-state index contributed by atoms with van der Waals surface area (Å²) in [6.07, 6.45) is -1.15. The Labute approximate surface area is 171 Å². The number of nitrogens with zero attached hydrogens (tertiary/aromatic N) is 1. The van der Waals surface area contributed by atoms with Gasteiger partial charge in [0.2, 0.25) is 6.79 Å². The second-order valence-corrected chi connectivity index (χ2v) is 6.84. The van der Waals surface area contributed by atoms with Crippen LogP contribution in [0, 0.1) is 0 Å². The largest absolute Gasteiger partial charge is 0.454 e. The van der Waals surface area contributed by atoms with E-state index in [1.165, 1.54) is 26.0 Å². The van der Waals surface area contributed by atoms with Crippen molar-refractivity contribution < 1.29 is 33.4 Å². The summed E-state index contributed by atoms with van der Waals surface area (Å²) in [5.41, 5.74) is 0.909. The van der Waals surface area contributed by atoms with Crippen molar-refractivity contribution in [3.8, 4) is 11.5 Å². The van der Waals surface area contributed by atoms with E-state index >= 15 is 0 Å². The maximum Gasteiger partial charge on any atom is 0.329 e. The molecule has 154 valence electrons. The monoisotopic (exact) mass is 410 g/mol. The number of carbonyl (C=O) groups excluding carboxylic acids is 4. The van der Waals surface area contributed by atoms with Gasteiger partial charge in [0.1, 0.15) is 6.04 Å². The Morgan fingerprint density at radius 1 is 1.00 bits per heavy atom. The van der Waals surface area contributed by atoms with E-state index in [0.717, 1.165) is 4.90 Å². The number of amides is 3. The summed E-state index contributed by atoms with van der Waals surface area (Å²) < 4.78 is 15.7. The lowest BCUT2D eigenvalue weighted by atomic mass is 10.1. The molecule has 1 N–H and O–H groups in total. The Morgan fingerprint density at radius 3 is 2.30 bits per heavy atom. The van der Waals surface area contributed by atoms with E-state index < -0.39 is 35.8 Å². The molecule has 0 aliphatic carbocycles. The molecule has 0 aromatic heterocycles. The molecule has 2 aliphatic rings. The second kappa shape index (κ2) is 7.51. The number of hydrogen-bond acceptors (Lipinski definition) is 7. The van der Waals surface area contributed by atoms with Crippen molar-refractivity contribution in [2.75, 3.05) is 12.1 Å². The van der Waals surface area contributed by atoms with Crippen molar-refractivity contribution in [1.29, 1.82) is 0 Å². The van der Waals surface area contributed by atoms with Gasteiger partial charge in [-0.1, -0.05) is 12.1 Å². The van der Waals surface area contributed by atoms with Crippen LogP contribution in [0.1, 0.15) is 34.6 Å². The molecule has 2 aromatic carbocycles. The summed E-state index contributed by atoms with van der Waals surface area (Å²) >= 11 is 0. The van der Waals surface area contributed by atoms with Crippen LogP contribution in [-0.4, -0.2) is 47.5 Å². The minimum atomic E-state index is -1.18. The number of imide groups is 1. The molecule has 3 amide bonds. The van der Waals surface area contributed by atoms with Gasteiger partial charge in [-0.2, -0.15) is 0 Å². The molecule has 2 heterocycles. The summed E-state index contributed by atoms with van der Waals surface area (Å²) in [6, 6.07) is 10.0. The lowest BCUT2D eigenvalue weighted by Gasteiger charge is -2.22. The molecule has 9 nitrogen and oxygen atoms in total. The predicted octanol–water partition coefficient (Wildman–Crippen LogP) is 1.97. The van der Waals surface area contributed by atoms with Crippen molar-refractivity contribution in [3.05, 3.63) is 53.6 Å². The van der Waals surface area contributed by atoms with Gasteiger partial charge in [-0.15, -0.1) is 0 Å². The molecule has 2 atom stereocenters. The fourth-order valence-corrected chi connectivity index (χ4v) is 3.21. The zero-order chi connectivity index (χ0) is 21.4. The van der Waals surface area contributed by atoms with E-state index in [0.29, 0.717) is 17.2 Å². The normalized spacial score (nSPS) is 16.1. The fraction of sp³-hybridized carbons (Fsp3) is 0.238. The number of benzene rings is 2. The van der Waals surface area contributed by atoms with Crippen molar-refractivity contribution in [2.45, 2.75) is 26.0 Å². The number of nitrogens with one attached hydrogen (secondary N) is 1. The van der Waals surface area contributed by atoms with Gasteiger partial charge in [-0.05, 0) is 38.1 Å². The number of rotatable bonds is 5. The van der Waals surface area contributed by atoms with E-state index in [1.54, 1.807) is 30.3 Å². The van der Waals surface area contributed by atoms with Gasteiger partial charge in [0.25, 0.3) is 17.7 Å². The van der Waals surface area contributed by atoms with E-state index in [4.69, 9.17) is 14.2 Å². The number of esters is 1. The van der Waals surface area contributed by atoms with E-state index in [2.05, 4.69) is 5.32 Å². The molecule has 0 spiro atoms. The van der Waals surface area contributed by atoms with Crippen LogP contribution in [0.15, 0.2) is 42.5 Å². The van der Waals surface area contributed by atoms with Crippen LogP contribution >= 0.6 is 0 Å². The smallest absolute Gasteiger partial charge is 0.329 e. The minimum Gasteiger partial charge on any atom is -0.454 e. The zero-order valence-corrected chi connectivity index (χ0v) is 16.2. The summed E-state index contributed by atoms with van der Waals surface area (Å²) in [5, 5.41) is 2.62. The molecule has 4 rings (SSSR count). The van der Waals surface area contributed by atoms with Gasteiger partial charge in [0.05, 0.1) is 11.1 Å². The SMILES string of the molecule is C[C@H](OC(=O)[C@@H](C)N1C(=O)c2ccccc2C1=O)C(=O)Nc1ccc2c(c1)OCO2. The van der Waals surface area contributed by atoms with E-state index in [1.807, 2.05) is 0 Å². The maximum absolute atomic E-state index is 12.5. The first-order valence-electron chi connectivity index (χ1n) is 9.24. The molecule has 9 heteroatoms. The number of ether oxygens (including phenoxy) is 3. The molecule has 0 saturated heterocycles. The van der Waals surface area contributed by atoms with Crippen LogP contribution in [0.4, 0.5) is 5.69 Å². The molecule has 0 saturated carbocycles. The van der Waals surface area contributed by atoms with Gasteiger partial charge >= 0.3 is 5.97 Å². The molecule has 0 unspecified atom stereocenters. The van der Waals surface area contributed by atoms with Gasteiger partial charge < -0.3 is 19.5 Å². The van der Waals surface area contributed by atoms with Crippen LogP contribution in [0.2, 0.25) is 0 Å². The quantitative estimate of drug-likeness (QED) is 0.593. The lowest BCUT2D eigenvalue weighted by molar-refractivity contribution is -0.156. The first-order chi connectivity index (χ1) is 14.4. The molecule has 0 bridgehead atoms. The van der Waals surface area contributed by atoms with Gasteiger partial charge in [0.15, 0.2) is 17.6 Å². The molecular formula is C21H18N2O7. The van der Waals surface area contributed by atoms with Crippen LogP contribution in [0.3, 0.4) is 0 Å². The highest BCUT2D eigenvalue weighted by Gasteiger charge is 2.41. The average Bonchev–Trinajstić information content (AvgIpc) is 3.30. The highest BCUT2D eigenvalue weighted by Crippen LogP contribution is 2.34. The highest BCUT2D eigenvalue weighted by molar-refractivity contribution is 6.22. The molecule has 2 aromatic rings. The average molecular weight is 410 g/mol. The lowest BCUT2D eigenvalue weighted by Crippen LogP contribution is -2.45. The van der Waals surface area contributed by atoms with Crippen molar-refractivity contribution >= 4 is 29.4 Å². The number of carbonyl (C=O) groups is 4. The zero-order valence-electron chi connectivity index (χ0n) is 16.2. The topological polar surface area (TPSA) is 111 Å². The molecule has 0 radical (unpaired) electrons. The van der Waals surface area contributed by atoms with Gasteiger partial charge in [-0.25, -0.2) is 4.79 Å². The van der Waals surface area contributed by atoms with Gasteiger partial charge in [0, 0.05) is 11.8 Å². The van der Waals surface area contributed by atoms with Crippen LogP contribution in [0.5, 0.6) is 11.5 Å². The van der Waals surface area contributed by atoms with Crippen molar-refractivity contribution in [1.82, 2.24) is 4.90 Å². The number of anilines is 1. The third kappa shape index (κ3) is 3.34. The first-order valence-corrected chi connectivity index (χ1v) is 9.24. The minimum absolute atomic E-state index is 0.108. The van der Waals surface area contributed by atoms with Crippen LogP contribution < -0.4 is 14.8 Å². The predicted molar refractivity (Wildman–Crippen MR) is 103 cm³/mol. The number of hydrogen-bond donors (Lipinski definition) is 1. The van der Waals surface area contributed by atoms with Gasteiger partial charge in [-0.3, -0.25) is 19.3 Å². The fourth-order valence-electron chi connectivity index (χ4n) is 3.21. The first kappa shape index (κ1) is 19.4. The Kier molecular flexibility index (Phi) is 4.86. The third-order valence-corrected chi connectivity index (χ3v) is 4.86. The Hall–Kier alpha value is -3.88. The molecule has 30 heavy (non-hydrogen) atoms. The number of fused-ring (bicyclic) bond motifs is 2. The standard InChI is InChI=1S/C21H18N2O7/c1-11(23-19(25)14-5-3-4-6-15(14)20(23)26)21(27)30-12(2)18(24)22-13-7-8-16-17(9-13)29-10-28-16/h3-9,11-12H,10H2,1-2H3,(H,22,24)/t11-,12+/m1/s1. The Morgan fingerprint density at radius 2 is 1.63 bits per heavy atom. The molecule has 2 aliphatic heterocycles. The van der Waals surface area contributed by atoms with Crippen molar-refractivity contribution in [2.24, 2.45) is 0 Å². The highest BCUT2D eigenvalue weighted by atomic mass is 16.7. The summed E-state index contributed by atoms with van der Waals surface area (Å²) in [5.74, 6) is -1.51. The summed E-state index contributed by atoms with van der Waals surface area (Å²) in [4.78, 5) is 50.7.